The van der Waals surface area contributed by atoms with Gasteiger partial charge >= 0.3 is 0 Å². The first-order chi connectivity index (χ1) is 14.7. The van der Waals surface area contributed by atoms with Crippen molar-refractivity contribution in [1.29, 1.82) is 0 Å². The molecule has 1 atom stereocenters. The zero-order valence-electron chi connectivity index (χ0n) is 18.2. The normalized spacial score (nSPS) is 15.7. The van der Waals surface area contributed by atoms with Crippen molar-refractivity contribution in [3.05, 3.63) is 52.2 Å². The SMILES string of the molecule is CCN(CC)C(CNC(=NC)NCc1ccc(N2CCCC2=O)cc1)c1ccsc1. The first kappa shape index (κ1) is 22.3. The van der Waals surface area contributed by atoms with Gasteiger partial charge in [0.1, 0.15) is 0 Å². The summed E-state index contributed by atoms with van der Waals surface area (Å²) in [4.78, 5) is 20.6. The summed E-state index contributed by atoms with van der Waals surface area (Å²) in [5.41, 5.74) is 3.49. The molecule has 1 aliphatic heterocycles. The minimum Gasteiger partial charge on any atom is -0.354 e. The van der Waals surface area contributed by atoms with Gasteiger partial charge in [0, 0.05) is 38.8 Å². The maximum absolute atomic E-state index is 11.9. The number of likely N-dealkylation sites (N-methyl/N-ethyl adjacent to an activating group) is 1. The molecule has 2 N–H and O–H groups in total. The summed E-state index contributed by atoms with van der Waals surface area (Å²) in [6.07, 6.45) is 1.61. The number of guanidine groups is 1. The Morgan fingerprint density at radius 1 is 1.20 bits per heavy atom. The Balaban J connectivity index is 1.54. The summed E-state index contributed by atoms with van der Waals surface area (Å²) in [5, 5.41) is 11.3. The highest BCUT2D eigenvalue weighted by Gasteiger charge is 2.21. The van der Waals surface area contributed by atoms with Gasteiger partial charge in [-0.25, -0.2) is 0 Å². The maximum atomic E-state index is 11.9. The second-order valence-electron chi connectivity index (χ2n) is 7.42. The fourth-order valence-corrected chi connectivity index (χ4v) is 4.61. The van der Waals surface area contributed by atoms with Crippen LogP contribution in [0.4, 0.5) is 5.69 Å². The van der Waals surface area contributed by atoms with Gasteiger partial charge < -0.3 is 15.5 Å². The van der Waals surface area contributed by atoms with Crippen molar-refractivity contribution in [2.45, 2.75) is 39.3 Å². The highest BCUT2D eigenvalue weighted by molar-refractivity contribution is 7.08. The van der Waals surface area contributed by atoms with Crippen molar-refractivity contribution < 1.29 is 4.79 Å². The maximum Gasteiger partial charge on any atom is 0.227 e. The number of carbonyl (C=O) groups is 1. The zero-order valence-corrected chi connectivity index (χ0v) is 19.0. The van der Waals surface area contributed by atoms with Gasteiger partial charge in [0.15, 0.2) is 5.96 Å². The standard InChI is InChI=1S/C23H33N5OS/c1-4-27(5-2)21(19-12-14-30-17-19)16-26-23(24-3)25-15-18-8-10-20(11-9-18)28-13-6-7-22(28)29/h8-12,14,17,21H,4-7,13,15-16H2,1-3H3,(H2,24,25,26). The summed E-state index contributed by atoms with van der Waals surface area (Å²) < 4.78 is 0. The molecule has 1 saturated heterocycles. The number of carbonyl (C=O) groups excluding carboxylic acids is 1. The second-order valence-corrected chi connectivity index (χ2v) is 8.20. The van der Waals surface area contributed by atoms with Crippen molar-refractivity contribution in [3.8, 4) is 0 Å². The topological polar surface area (TPSA) is 60.0 Å². The van der Waals surface area contributed by atoms with Crippen LogP contribution in [0.25, 0.3) is 0 Å². The van der Waals surface area contributed by atoms with Crippen molar-refractivity contribution in [2.24, 2.45) is 4.99 Å². The Kier molecular flexibility index (Phi) is 8.28. The number of benzene rings is 1. The Bertz CT molecular complexity index is 815. The van der Waals surface area contributed by atoms with Crippen molar-refractivity contribution >= 4 is 28.9 Å². The van der Waals surface area contributed by atoms with Crippen LogP contribution in [-0.2, 0) is 11.3 Å². The van der Waals surface area contributed by atoms with E-state index in [1.807, 2.05) is 17.0 Å². The molecule has 0 bridgehead atoms. The molecule has 0 aliphatic carbocycles. The largest absolute Gasteiger partial charge is 0.354 e. The van der Waals surface area contributed by atoms with E-state index >= 15 is 0 Å². The lowest BCUT2D eigenvalue weighted by Crippen LogP contribution is -2.42. The van der Waals surface area contributed by atoms with E-state index in [0.29, 0.717) is 19.0 Å². The lowest BCUT2D eigenvalue weighted by molar-refractivity contribution is -0.117. The quantitative estimate of drug-likeness (QED) is 0.474. The van der Waals surface area contributed by atoms with Crippen LogP contribution in [0.2, 0.25) is 0 Å². The van der Waals surface area contributed by atoms with E-state index in [4.69, 9.17) is 0 Å². The van der Waals surface area contributed by atoms with Crippen LogP contribution in [0.15, 0.2) is 46.1 Å². The number of aliphatic imine (C=N–C) groups is 1. The number of thiophene rings is 1. The molecule has 0 saturated carbocycles. The number of amides is 1. The molecule has 30 heavy (non-hydrogen) atoms. The van der Waals surface area contributed by atoms with Gasteiger partial charge in [-0.15, -0.1) is 0 Å². The van der Waals surface area contributed by atoms with E-state index in [9.17, 15) is 4.79 Å². The van der Waals surface area contributed by atoms with Gasteiger partial charge in [0.25, 0.3) is 0 Å². The van der Waals surface area contributed by atoms with Crippen LogP contribution < -0.4 is 15.5 Å². The van der Waals surface area contributed by atoms with Gasteiger partial charge in [0.05, 0.1) is 6.04 Å². The molecule has 1 fully saturated rings. The van der Waals surface area contributed by atoms with E-state index in [-0.39, 0.29) is 5.91 Å². The Morgan fingerprint density at radius 3 is 2.53 bits per heavy atom. The first-order valence-electron chi connectivity index (χ1n) is 10.8. The third kappa shape index (κ3) is 5.61. The lowest BCUT2D eigenvalue weighted by Gasteiger charge is -2.30. The molecule has 1 aliphatic rings. The van der Waals surface area contributed by atoms with Crippen LogP contribution in [0, 0.1) is 0 Å². The summed E-state index contributed by atoms with van der Waals surface area (Å²) in [5.74, 6) is 1.01. The summed E-state index contributed by atoms with van der Waals surface area (Å²) in [6.45, 7) is 8.74. The number of hydrogen-bond acceptors (Lipinski definition) is 4. The molecule has 0 radical (unpaired) electrons. The molecule has 2 heterocycles. The predicted molar refractivity (Wildman–Crippen MR) is 126 cm³/mol. The summed E-state index contributed by atoms with van der Waals surface area (Å²) >= 11 is 1.74. The van der Waals surface area contributed by atoms with E-state index in [1.54, 1.807) is 18.4 Å². The number of nitrogens with zero attached hydrogens (tertiary/aromatic N) is 3. The molecular formula is C23H33N5OS. The van der Waals surface area contributed by atoms with Gasteiger partial charge in [-0.05, 0) is 59.6 Å². The molecule has 1 amide bonds. The van der Waals surface area contributed by atoms with Crippen LogP contribution >= 0.6 is 11.3 Å². The number of nitrogens with one attached hydrogen (secondary N) is 2. The average molecular weight is 428 g/mol. The molecule has 0 spiro atoms. The summed E-state index contributed by atoms with van der Waals surface area (Å²) in [7, 11) is 1.80. The Hall–Kier alpha value is -2.38. The number of hydrogen-bond donors (Lipinski definition) is 2. The molecule has 2 aromatic rings. The smallest absolute Gasteiger partial charge is 0.227 e. The van der Waals surface area contributed by atoms with E-state index < -0.39 is 0 Å². The van der Waals surface area contributed by atoms with Crippen LogP contribution in [0.1, 0.15) is 43.9 Å². The van der Waals surface area contributed by atoms with Gasteiger partial charge in [0.2, 0.25) is 5.91 Å². The predicted octanol–water partition coefficient (Wildman–Crippen LogP) is 3.62. The minimum absolute atomic E-state index is 0.221. The van der Waals surface area contributed by atoms with Crippen LogP contribution in [0.3, 0.4) is 0 Å². The second kappa shape index (κ2) is 11.1. The molecule has 1 aromatic carbocycles. The molecule has 1 unspecified atom stereocenters. The molecule has 162 valence electrons. The average Bonchev–Trinajstić information content (AvgIpc) is 3.45. The fourth-order valence-electron chi connectivity index (χ4n) is 3.90. The molecular weight excluding hydrogens is 394 g/mol. The third-order valence-electron chi connectivity index (χ3n) is 5.65. The minimum atomic E-state index is 0.221. The van der Waals surface area contributed by atoms with E-state index in [2.05, 4.69) is 63.3 Å². The van der Waals surface area contributed by atoms with Crippen molar-refractivity contribution in [2.75, 3.05) is 38.1 Å². The fraction of sp³-hybridized carbons (Fsp3) is 0.478. The van der Waals surface area contributed by atoms with Gasteiger partial charge in [-0.3, -0.25) is 14.7 Å². The highest BCUT2D eigenvalue weighted by Crippen LogP contribution is 2.23. The number of rotatable bonds is 9. The summed E-state index contributed by atoms with van der Waals surface area (Å²) in [6, 6.07) is 10.7. The third-order valence-corrected chi connectivity index (χ3v) is 6.35. The van der Waals surface area contributed by atoms with Crippen molar-refractivity contribution in [1.82, 2.24) is 15.5 Å². The Morgan fingerprint density at radius 2 is 1.97 bits per heavy atom. The molecule has 1 aromatic heterocycles. The monoisotopic (exact) mass is 427 g/mol. The first-order valence-corrected chi connectivity index (χ1v) is 11.7. The lowest BCUT2D eigenvalue weighted by atomic mass is 10.1. The van der Waals surface area contributed by atoms with Crippen LogP contribution in [0.5, 0.6) is 0 Å². The molecule has 7 heteroatoms. The van der Waals surface area contributed by atoms with Gasteiger partial charge in [-0.2, -0.15) is 11.3 Å². The molecule has 3 rings (SSSR count). The van der Waals surface area contributed by atoms with Gasteiger partial charge in [-0.1, -0.05) is 26.0 Å². The highest BCUT2D eigenvalue weighted by atomic mass is 32.1. The van der Waals surface area contributed by atoms with E-state index in [0.717, 1.165) is 49.8 Å². The van der Waals surface area contributed by atoms with Crippen LogP contribution in [-0.4, -0.2) is 50.0 Å². The van der Waals surface area contributed by atoms with Crippen molar-refractivity contribution in [3.63, 3.8) is 0 Å². The van der Waals surface area contributed by atoms with E-state index in [1.165, 1.54) is 5.56 Å². The zero-order chi connectivity index (χ0) is 21.3. The molecule has 6 nitrogen and oxygen atoms in total. The number of anilines is 1. The Labute approximate surface area is 184 Å².